The second-order valence-corrected chi connectivity index (χ2v) is 6.99. The summed E-state index contributed by atoms with van der Waals surface area (Å²) in [7, 11) is 0. The molecule has 1 N–H and O–H groups in total. The van der Waals surface area contributed by atoms with Crippen LogP contribution < -0.4 is 5.32 Å². The Bertz CT molecular complexity index is 680. The molecule has 2 aromatic heterocycles. The Labute approximate surface area is 149 Å². The maximum Gasteiger partial charge on any atom is 0.170 e. The van der Waals surface area contributed by atoms with Gasteiger partial charge < -0.3 is 14.8 Å². The molecule has 5 heteroatoms. The smallest absolute Gasteiger partial charge is 0.170 e. The topological polar surface area (TPSA) is 33.1 Å². The quantitative estimate of drug-likeness (QED) is 0.796. The van der Waals surface area contributed by atoms with Gasteiger partial charge in [0, 0.05) is 30.7 Å². The number of aromatic nitrogens is 2. The van der Waals surface area contributed by atoms with E-state index in [9.17, 15) is 0 Å². The van der Waals surface area contributed by atoms with Crippen LogP contribution >= 0.6 is 12.2 Å². The molecule has 1 saturated heterocycles. The Morgan fingerprint density at radius 1 is 1.25 bits per heavy atom. The predicted molar refractivity (Wildman–Crippen MR) is 102 cm³/mol. The van der Waals surface area contributed by atoms with Crippen LogP contribution in [0.3, 0.4) is 0 Å². The van der Waals surface area contributed by atoms with E-state index < -0.39 is 0 Å². The first-order chi connectivity index (χ1) is 11.6. The highest BCUT2D eigenvalue weighted by atomic mass is 32.1. The standard InChI is InChI=1S/C19H26N4S/c1-4-5-12-23-18(16-10-8-13-22(16)14(2)3)17(21-19(23)24)15-9-6-7-11-20-15/h6-11,13-14,17-18H,4-5,12H2,1-3H3,(H,21,24)/t17-,18+/m1/s1. The maximum absolute atomic E-state index is 5.67. The van der Waals surface area contributed by atoms with Crippen LogP contribution in [0, 0.1) is 0 Å². The van der Waals surface area contributed by atoms with Crippen molar-refractivity contribution in [3.63, 3.8) is 0 Å². The molecule has 3 heterocycles. The number of nitrogens with one attached hydrogen (secondary N) is 1. The van der Waals surface area contributed by atoms with E-state index in [1.807, 2.05) is 18.3 Å². The van der Waals surface area contributed by atoms with Crippen molar-refractivity contribution in [1.82, 2.24) is 19.8 Å². The molecule has 1 aliphatic heterocycles. The molecule has 1 fully saturated rings. The van der Waals surface area contributed by atoms with Gasteiger partial charge >= 0.3 is 0 Å². The molecule has 128 valence electrons. The van der Waals surface area contributed by atoms with Gasteiger partial charge in [-0.3, -0.25) is 4.98 Å². The fraction of sp³-hybridized carbons (Fsp3) is 0.474. The molecule has 0 bridgehead atoms. The van der Waals surface area contributed by atoms with Gasteiger partial charge in [-0.05, 0) is 56.8 Å². The summed E-state index contributed by atoms with van der Waals surface area (Å²) >= 11 is 5.67. The largest absolute Gasteiger partial charge is 0.352 e. The second-order valence-electron chi connectivity index (χ2n) is 6.61. The molecule has 0 unspecified atom stereocenters. The first-order valence-corrected chi connectivity index (χ1v) is 9.19. The number of thiocarbonyl (C=S) groups is 1. The third kappa shape index (κ3) is 3.18. The van der Waals surface area contributed by atoms with Gasteiger partial charge in [0.05, 0.1) is 17.8 Å². The summed E-state index contributed by atoms with van der Waals surface area (Å²) in [5.41, 5.74) is 2.34. The molecule has 4 nitrogen and oxygen atoms in total. The highest BCUT2D eigenvalue weighted by molar-refractivity contribution is 7.80. The number of rotatable bonds is 6. The SMILES string of the molecule is CCCCN1C(=S)N[C@H](c2ccccn2)[C@@H]1c1cccn1C(C)C. The number of unbranched alkanes of at least 4 members (excludes halogenated alkanes) is 1. The van der Waals surface area contributed by atoms with Gasteiger partial charge in [-0.2, -0.15) is 0 Å². The fourth-order valence-corrected chi connectivity index (χ4v) is 3.76. The molecule has 0 amide bonds. The van der Waals surface area contributed by atoms with E-state index >= 15 is 0 Å². The van der Waals surface area contributed by atoms with E-state index in [1.165, 1.54) is 5.69 Å². The van der Waals surface area contributed by atoms with Crippen molar-refractivity contribution in [2.24, 2.45) is 0 Å². The number of pyridine rings is 1. The maximum atomic E-state index is 5.67. The molecule has 0 aromatic carbocycles. The van der Waals surface area contributed by atoms with Gasteiger partial charge in [-0.1, -0.05) is 19.4 Å². The predicted octanol–water partition coefficient (Wildman–Crippen LogP) is 4.24. The minimum Gasteiger partial charge on any atom is -0.352 e. The molecule has 1 aliphatic rings. The first kappa shape index (κ1) is 17.0. The molecule has 0 spiro atoms. The van der Waals surface area contributed by atoms with Crippen LogP contribution in [0.4, 0.5) is 0 Å². The minimum atomic E-state index is 0.0861. The summed E-state index contributed by atoms with van der Waals surface area (Å²) in [6, 6.07) is 11.1. The monoisotopic (exact) mass is 342 g/mol. The lowest BCUT2D eigenvalue weighted by molar-refractivity contribution is 0.295. The van der Waals surface area contributed by atoms with E-state index in [2.05, 4.69) is 64.9 Å². The van der Waals surface area contributed by atoms with Crippen molar-refractivity contribution in [2.75, 3.05) is 6.54 Å². The van der Waals surface area contributed by atoms with Crippen molar-refractivity contribution >= 4 is 17.3 Å². The average Bonchev–Trinajstić information content (AvgIpc) is 3.18. The third-order valence-electron chi connectivity index (χ3n) is 4.62. The molecule has 0 saturated carbocycles. The van der Waals surface area contributed by atoms with Gasteiger partial charge in [0.2, 0.25) is 0 Å². The Kier molecular flexibility index (Phi) is 5.19. The average molecular weight is 343 g/mol. The number of hydrogen-bond acceptors (Lipinski definition) is 2. The lowest BCUT2D eigenvalue weighted by atomic mass is 10.0. The van der Waals surface area contributed by atoms with Crippen molar-refractivity contribution < 1.29 is 0 Å². The zero-order valence-corrected chi connectivity index (χ0v) is 15.5. The van der Waals surface area contributed by atoms with Crippen LogP contribution in [0.2, 0.25) is 0 Å². The number of nitrogens with zero attached hydrogens (tertiary/aromatic N) is 3. The van der Waals surface area contributed by atoms with Gasteiger partial charge in [0.1, 0.15) is 0 Å². The zero-order chi connectivity index (χ0) is 17.1. The molecular formula is C19H26N4S. The van der Waals surface area contributed by atoms with Crippen molar-refractivity contribution in [3.8, 4) is 0 Å². The van der Waals surface area contributed by atoms with E-state index in [1.54, 1.807) is 0 Å². The summed E-state index contributed by atoms with van der Waals surface area (Å²) in [6.45, 7) is 7.63. The third-order valence-corrected chi connectivity index (χ3v) is 4.97. The van der Waals surface area contributed by atoms with E-state index in [0.717, 1.165) is 30.2 Å². The van der Waals surface area contributed by atoms with Crippen molar-refractivity contribution in [3.05, 3.63) is 54.1 Å². The Balaban J connectivity index is 2.02. The Hall–Kier alpha value is -1.88. The fourth-order valence-electron chi connectivity index (χ4n) is 3.42. The van der Waals surface area contributed by atoms with Crippen LogP contribution in [-0.4, -0.2) is 26.1 Å². The van der Waals surface area contributed by atoms with Gasteiger partial charge in [0.15, 0.2) is 5.11 Å². The van der Waals surface area contributed by atoms with Crippen LogP contribution in [0.1, 0.15) is 63.1 Å². The normalized spacial score (nSPS) is 20.7. The van der Waals surface area contributed by atoms with E-state index in [4.69, 9.17) is 12.2 Å². The minimum absolute atomic E-state index is 0.0861. The Morgan fingerprint density at radius 3 is 2.75 bits per heavy atom. The molecule has 3 rings (SSSR count). The lowest BCUT2D eigenvalue weighted by Gasteiger charge is -2.29. The highest BCUT2D eigenvalue weighted by Gasteiger charge is 2.40. The van der Waals surface area contributed by atoms with E-state index in [0.29, 0.717) is 6.04 Å². The van der Waals surface area contributed by atoms with Gasteiger partial charge in [-0.25, -0.2) is 0 Å². The van der Waals surface area contributed by atoms with Crippen LogP contribution in [0.5, 0.6) is 0 Å². The number of hydrogen-bond donors (Lipinski definition) is 1. The lowest BCUT2D eigenvalue weighted by Crippen LogP contribution is -2.31. The van der Waals surface area contributed by atoms with Crippen LogP contribution in [-0.2, 0) is 0 Å². The summed E-state index contributed by atoms with van der Waals surface area (Å²) in [4.78, 5) is 6.93. The molecular weight excluding hydrogens is 316 g/mol. The molecule has 24 heavy (non-hydrogen) atoms. The summed E-state index contributed by atoms with van der Waals surface area (Å²) in [6.07, 6.45) is 6.31. The molecule has 2 aromatic rings. The van der Waals surface area contributed by atoms with Gasteiger partial charge in [-0.15, -0.1) is 0 Å². The second kappa shape index (κ2) is 7.34. The summed E-state index contributed by atoms with van der Waals surface area (Å²) in [5, 5.41) is 4.35. The first-order valence-electron chi connectivity index (χ1n) is 8.78. The van der Waals surface area contributed by atoms with Crippen molar-refractivity contribution in [1.29, 1.82) is 0 Å². The molecule has 0 radical (unpaired) electrons. The summed E-state index contributed by atoms with van der Waals surface area (Å²) in [5.74, 6) is 0. The van der Waals surface area contributed by atoms with Crippen LogP contribution in [0.25, 0.3) is 0 Å². The van der Waals surface area contributed by atoms with Gasteiger partial charge in [0.25, 0.3) is 0 Å². The summed E-state index contributed by atoms with van der Waals surface area (Å²) < 4.78 is 2.34. The molecule has 2 atom stereocenters. The zero-order valence-electron chi connectivity index (χ0n) is 14.6. The van der Waals surface area contributed by atoms with E-state index in [-0.39, 0.29) is 12.1 Å². The highest BCUT2D eigenvalue weighted by Crippen LogP contribution is 2.39. The Morgan fingerprint density at radius 2 is 2.08 bits per heavy atom. The molecule has 0 aliphatic carbocycles. The van der Waals surface area contributed by atoms with Crippen LogP contribution in [0.15, 0.2) is 42.7 Å². The van der Waals surface area contributed by atoms with Crippen molar-refractivity contribution in [2.45, 2.75) is 51.7 Å².